The first-order valence-corrected chi connectivity index (χ1v) is 9.20. The molecule has 0 radical (unpaired) electrons. The molecule has 0 bridgehead atoms. The second kappa shape index (κ2) is 8.92. The number of para-hydroxylation sites is 2. The smallest absolute Gasteiger partial charge is 0.142 e. The average molecular weight is 355 g/mol. The highest BCUT2D eigenvalue weighted by atomic mass is 16.5. The average Bonchev–Trinajstić information content (AvgIpc) is 2.72. The van der Waals surface area contributed by atoms with Crippen LogP contribution in [0.3, 0.4) is 0 Å². The van der Waals surface area contributed by atoms with E-state index in [1.54, 1.807) is 14.2 Å². The Morgan fingerprint density at radius 3 is 2.23 bits per heavy atom. The Balaban J connectivity index is 1.60. The molecule has 1 atom stereocenters. The fraction of sp³-hybridized carbons (Fsp3) is 0.429. The van der Waals surface area contributed by atoms with Crippen molar-refractivity contribution >= 4 is 5.69 Å². The number of methoxy groups -OCH3 is 2. The highest BCUT2D eigenvalue weighted by Gasteiger charge is 2.24. The summed E-state index contributed by atoms with van der Waals surface area (Å²) in [5, 5.41) is 0. The van der Waals surface area contributed by atoms with Crippen molar-refractivity contribution in [1.29, 1.82) is 0 Å². The Hall–Kier alpha value is -2.24. The molecule has 2 aromatic rings. The van der Waals surface area contributed by atoms with Crippen LogP contribution in [0.2, 0.25) is 0 Å². The van der Waals surface area contributed by atoms with Gasteiger partial charge in [0.05, 0.1) is 19.9 Å². The molecule has 0 aliphatic carbocycles. The van der Waals surface area contributed by atoms with Gasteiger partial charge in [-0.05, 0) is 36.2 Å². The molecule has 0 spiro atoms. The fourth-order valence-electron chi connectivity index (χ4n) is 3.61. The lowest BCUT2D eigenvalue weighted by Gasteiger charge is -2.40. The number of nitrogens with zero attached hydrogens (tertiary/aromatic N) is 2. The topological polar surface area (TPSA) is 51.0 Å². The third-order valence-corrected chi connectivity index (χ3v) is 5.16. The van der Waals surface area contributed by atoms with Gasteiger partial charge < -0.3 is 20.1 Å². The highest BCUT2D eigenvalue weighted by Crippen LogP contribution is 2.28. The minimum atomic E-state index is 0.364. The third-order valence-electron chi connectivity index (χ3n) is 5.16. The molecule has 2 N–H and O–H groups in total. The zero-order valence-corrected chi connectivity index (χ0v) is 15.7. The molecule has 0 unspecified atom stereocenters. The van der Waals surface area contributed by atoms with E-state index in [2.05, 4.69) is 34.1 Å². The van der Waals surface area contributed by atoms with Gasteiger partial charge in [-0.3, -0.25) is 4.90 Å². The number of anilines is 1. The van der Waals surface area contributed by atoms with Crippen LogP contribution in [-0.4, -0.2) is 57.9 Å². The van der Waals surface area contributed by atoms with Crippen LogP contribution < -0.4 is 20.1 Å². The Morgan fingerprint density at radius 2 is 1.62 bits per heavy atom. The van der Waals surface area contributed by atoms with E-state index < -0.39 is 0 Å². The molecule has 0 saturated carbocycles. The van der Waals surface area contributed by atoms with Gasteiger partial charge in [-0.1, -0.05) is 24.3 Å². The molecule has 26 heavy (non-hydrogen) atoms. The van der Waals surface area contributed by atoms with Crippen LogP contribution in [0.1, 0.15) is 5.56 Å². The molecule has 1 heterocycles. The minimum Gasteiger partial charge on any atom is -0.497 e. The highest BCUT2D eigenvalue weighted by molar-refractivity contribution is 5.58. The van der Waals surface area contributed by atoms with Gasteiger partial charge in [0.25, 0.3) is 0 Å². The summed E-state index contributed by atoms with van der Waals surface area (Å²) >= 11 is 0. The first-order chi connectivity index (χ1) is 12.7. The fourth-order valence-corrected chi connectivity index (χ4v) is 3.61. The lowest BCUT2D eigenvalue weighted by Crippen LogP contribution is -2.53. The maximum Gasteiger partial charge on any atom is 0.142 e. The number of nitrogens with two attached hydrogens (primary N) is 1. The number of hydrogen-bond acceptors (Lipinski definition) is 5. The van der Waals surface area contributed by atoms with Crippen LogP contribution in [0.5, 0.6) is 11.5 Å². The van der Waals surface area contributed by atoms with Crippen molar-refractivity contribution in [1.82, 2.24) is 4.90 Å². The van der Waals surface area contributed by atoms with Gasteiger partial charge in [-0.15, -0.1) is 0 Å². The molecule has 1 fully saturated rings. The predicted molar refractivity (Wildman–Crippen MR) is 106 cm³/mol. The zero-order chi connectivity index (χ0) is 18.4. The molecule has 1 aliphatic rings. The monoisotopic (exact) mass is 355 g/mol. The normalized spacial score (nSPS) is 16.3. The van der Waals surface area contributed by atoms with Crippen molar-refractivity contribution in [2.45, 2.75) is 12.5 Å². The molecule has 2 aromatic carbocycles. The summed E-state index contributed by atoms with van der Waals surface area (Å²) in [7, 11) is 3.42. The lowest BCUT2D eigenvalue weighted by molar-refractivity contribution is 0.187. The Morgan fingerprint density at radius 1 is 0.923 bits per heavy atom. The van der Waals surface area contributed by atoms with Gasteiger partial charge in [0.1, 0.15) is 11.5 Å². The van der Waals surface area contributed by atoms with E-state index in [0.29, 0.717) is 12.6 Å². The van der Waals surface area contributed by atoms with Crippen molar-refractivity contribution in [2.75, 3.05) is 51.8 Å². The SMILES string of the molecule is COc1ccc(C[C@H](CN)N2CCN(c3ccccc3OC)CC2)cc1. The van der Waals surface area contributed by atoms with Crippen molar-refractivity contribution in [3.63, 3.8) is 0 Å². The van der Waals surface area contributed by atoms with Crippen molar-refractivity contribution in [3.8, 4) is 11.5 Å². The van der Waals surface area contributed by atoms with E-state index in [1.807, 2.05) is 24.3 Å². The first kappa shape index (κ1) is 18.5. The van der Waals surface area contributed by atoms with Crippen molar-refractivity contribution < 1.29 is 9.47 Å². The second-order valence-electron chi connectivity index (χ2n) is 6.64. The van der Waals surface area contributed by atoms with Crippen molar-refractivity contribution in [3.05, 3.63) is 54.1 Å². The summed E-state index contributed by atoms with van der Waals surface area (Å²) in [4.78, 5) is 4.91. The van der Waals surface area contributed by atoms with Gasteiger partial charge >= 0.3 is 0 Å². The second-order valence-corrected chi connectivity index (χ2v) is 6.64. The number of piperazine rings is 1. The molecule has 3 rings (SSSR count). The molecule has 5 heteroatoms. The van der Waals surface area contributed by atoms with Gasteiger partial charge in [0, 0.05) is 38.8 Å². The van der Waals surface area contributed by atoms with E-state index in [9.17, 15) is 0 Å². The maximum absolute atomic E-state index is 6.10. The summed E-state index contributed by atoms with van der Waals surface area (Å²) in [6.45, 7) is 4.66. The van der Waals surface area contributed by atoms with Crippen LogP contribution in [0.15, 0.2) is 48.5 Å². The number of rotatable bonds is 7. The van der Waals surface area contributed by atoms with Crippen LogP contribution in [-0.2, 0) is 6.42 Å². The van der Waals surface area contributed by atoms with Gasteiger partial charge in [-0.25, -0.2) is 0 Å². The first-order valence-electron chi connectivity index (χ1n) is 9.20. The standard InChI is InChI=1S/C21H29N3O2/c1-25-19-9-7-17(8-10-19)15-18(16-22)23-11-13-24(14-12-23)20-5-3-4-6-21(20)26-2/h3-10,18H,11-16,22H2,1-2H3/t18-/m1/s1. The quantitative estimate of drug-likeness (QED) is 0.826. The number of hydrogen-bond donors (Lipinski definition) is 1. The molecule has 140 valence electrons. The van der Waals surface area contributed by atoms with Gasteiger partial charge in [0.2, 0.25) is 0 Å². The van der Waals surface area contributed by atoms with E-state index in [0.717, 1.165) is 44.1 Å². The summed E-state index contributed by atoms with van der Waals surface area (Å²) in [6.07, 6.45) is 0.967. The Kier molecular flexibility index (Phi) is 6.36. The number of benzene rings is 2. The summed E-state index contributed by atoms with van der Waals surface area (Å²) in [5.41, 5.74) is 8.57. The summed E-state index contributed by atoms with van der Waals surface area (Å²) in [6, 6.07) is 16.9. The van der Waals surface area contributed by atoms with Crippen molar-refractivity contribution in [2.24, 2.45) is 5.73 Å². The summed E-state index contributed by atoms with van der Waals surface area (Å²) in [5.74, 6) is 1.83. The van der Waals surface area contributed by atoms with Crippen LogP contribution in [0.25, 0.3) is 0 Å². The van der Waals surface area contributed by atoms with E-state index in [-0.39, 0.29) is 0 Å². The molecule has 5 nitrogen and oxygen atoms in total. The number of ether oxygens (including phenoxy) is 2. The van der Waals surface area contributed by atoms with Crippen LogP contribution in [0.4, 0.5) is 5.69 Å². The van der Waals surface area contributed by atoms with Gasteiger partial charge in [0.15, 0.2) is 0 Å². The minimum absolute atomic E-state index is 0.364. The zero-order valence-electron chi connectivity index (χ0n) is 15.7. The van der Waals surface area contributed by atoms with E-state index in [4.69, 9.17) is 15.2 Å². The molecular weight excluding hydrogens is 326 g/mol. The molecule has 0 amide bonds. The van der Waals surface area contributed by atoms with Crippen LogP contribution >= 0.6 is 0 Å². The molecular formula is C21H29N3O2. The maximum atomic E-state index is 6.10. The van der Waals surface area contributed by atoms with E-state index >= 15 is 0 Å². The lowest BCUT2D eigenvalue weighted by atomic mass is 10.0. The Labute approximate surface area is 156 Å². The summed E-state index contributed by atoms with van der Waals surface area (Å²) < 4.78 is 10.7. The van der Waals surface area contributed by atoms with Crippen LogP contribution in [0, 0.1) is 0 Å². The molecule has 1 aliphatic heterocycles. The van der Waals surface area contributed by atoms with E-state index in [1.165, 1.54) is 11.3 Å². The predicted octanol–water partition coefficient (Wildman–Crippen LogP) is 2.40. The third kappa shape index (κ3) is 4.29. The Bertz CT molecular complexity index is 682. The molecule has 0 aromatic heterocycles. The molecule has 1 saturated heterocycles. The van der Waals surface area contributed by atoms with Gasteiger partial charge in [-0.2, -0.15) is 0 Å². The largest absolute Gasteiger partial charge is 0.497 e.